The fourth-order valence-electron chi connectivity index (χ4n) is 2.47. The molecule has 0 bridgehead atoms. The van der Waals surface area contributed by atoms with E-state index in [4.69, 9.17) is 14.2 Å². The van der Waals surface area contributed by atoms with Gasteiger partial charge in [-0.2, -0.15) is 18.3 Å². The summed E-state index contributed by atoms with van der Waals surface area (Å²) in [7, 11) is 4.28. The van der Waals surface area contributed by atoms with Crippen LogP contribution in [0, 0.1) is 0 Å². The molecule has 0 aromatic heterocycles. The molecular formula is C20H20F3N3O5. The van der Waals surface area contributed by atoms with Crippen LogP contribution in [0.4, 0.5) is 18.9 Å². The molecule has 2 rings (SSSR count). The van der Waals surface area contributed by atoms with Gasteiger partial charge in [-0.05, 0) is 36.8 Å². The standard InChI is InChI=1S/C20H20F3N3O5/c1-11(12-5-7-14(8-6-12)24-19(28)20(21,22)23)25-26-18(27)13-9-15(29-2)17(31-4)16(10-13)30-3/h5-10H,1-4H3,(H,24,28)(H,26,27)/b25-11+. The minimum absolute atomic E-state index is 0.0275. The number of carbonyl (C=O) groups excluding carboxylic acids is 2. The van der Waals surface area contributed by atoms with Crippen molar-refractivity contribution < 1.29 is 37.0 Å². The van der Waals surface area contributed by atoms with E-state index in [1.54, 1.807) is 12.2 Å². The predicted octanol–water partition coefficient (Wildman–Crippen LogP) is 3.37. The second kappa shape index (κ2) is 9.83. The Hall–Kier alpha value is -3.76. The van der Waals surface area contributed by atoms with Crippen LogP contribution < -0.4 is 25.0 Å². The number of alkyl halides is 3. The topological polar surface area (TPSA) is 98.2 Å². The SMILES string of the molecule is COc1cc(C(=O)N/N=C(\C)c2ccc(NC(=O)C(F)(F)F)cc2)cc(OC)c1OC. The summed E-state index contributed by atoms with van der Waals surface area (Å²) in [5.41, 5.74) is 3.47. The van der Waals surface area contributed by atoms with Gasteiger partial charge in [0.05, 0.1) is 27.0 Å². The molecule has 166 valence electrons. The molecule has 0 saturated heterocycles. The molecule has 31 heavy (non-hydrogen) atoms. The molecule has 2 amide bonds. The van der Waals surface area contributed by atoms with Crippen molar-refractivity contribution in [2.24, 2.45) is 5.10 Å². The maximum absolute atomic E-state index is 12.5. The highest BCUT2D eigenvalue weighted by Gasteiger charge is 2.38. The summed E-state index contributed by atoms with van der Waals surface area (Å²) in [6.45, 7) is 1.60. The Balaban J connectivity index is 2.13. The van der Waals surface area contributed by atoms with E-state index in [-0.39, 0.29) is 11.3 Å². The zero-order valence-corrected chi connectivity index (χ0v) is 17.1. The van der Waals surface area contributed by atoms with Crippen molar-refractivity contribution in [2.75, 3.05) is 26.6 Å². The number of carbonyl (C=O) groups is 2. The van der Waals surface area contributed by atoms with Crippen LogP contribution in [-0.2, 0) is 4.79 Å². The maximum atomic E-state index is 12.5. The van der Waals surface area contributed by atoms with Gasteiger partial charge >= 0.3 is 12.1 Å². The smallest absolute Gasteiger partial charge is 0.471 e. The van der Waals surface area contributed by atoms with Crippen molar-refractivity contribution in [3.63, 3.8) is 0 Å². The largest absolute Gasteiger partial charge is 0.493 e. The van der Waals surface area contributed by atoms with Gasteiger partial charge in [0.25, 0.3) is 5.91 Å². The molecule has 0 radical (unpaired) electrons. The molecule has 2 aromatic rings. The minimum Gasteiger partial charge on any atom is -0.493 e. The van der Waals surface area contributed by atoms with E-state index in [0.717, 1.165) is 0 Å². The van der Waals surface area contributed by atoms with Crippen LogP contribution in [0.3, 0.4) is 0 Å². The van der Waals surface area contributed by atoms with E-state index in [1.165, 1.54) is 57.7 Å². The molecule has 8 nitrogen and oxygen atoms in total. The number of anilines is 1. The van der Waals surface area contributed by atoms with Crippen molar-refractivity contribution in [2.45, 2.75) is 13.1 Å². The van der Waals surface area contributed by atoms with Crippen LogP contribution in [0.2, 0.25) is 0 Å². The van der Waals surface area contributed by atoms with Crippen LogP contribution in [-0.4, -0.2) is 45.0 Å². The lowest BCUT2D eigenvalue weighted by Crippen LogP contribution is -2.29. The lowest BCUT2D eigenvalue weighted by molar-refractivity contribution is -0.167. The first-order valence-electron chi connectivity index (χ1n) is 8.74. The number of nitrogens with one attached hydrogen (secondary N) is 2. The second-order valence-corrected chi connectivity index (χ2v) is 6.08. The van der Waals surface area contributed by atoms with Crippen molar-refractivity contribution >= 4 is 23.2 Å². The maximum Gasteiger partial charge on any atom is 0.471 e. The van der Waals surface area contributed by atoms with E-state index in [9.17, 15) is 22.8 Å². The van der Waals surface area contributed by atoms with Gasteiger partial charge in [-0.3, -0.25) is 9.59 Å². The van der Waals surface area contributed by atoms with E-state index >= 15 is 0 Å². The second-order valence-electron chi connectivity index (χ2n) is 6.08. The zero-order valence-electron chi connectivity index (χ0n) is 17.1. The van der Waals surface area contributed by atoms with Gasteiger partial charge in [-0.25, -0.2) is 5.43 Å². The van der Waals surface area contributed by atoms with Crippen molar-refractivity contribution in [3.8, 4) is 17.2 Å². The monoisotopic (exact) mass is 439 g/mol. The van der Waals surface area contributed by atoms with Crippen molar-refractivity contribution in [3.05, 3.63) is 47.5 Å². The Morgan fingerprint density at radius 3 is 1.90 bits per heavy atom. The average Bonchev–Trinajstić information content (AvgIpc) is 2.75. The third-order valence-corrected chi connectivity index (χ3v) is 4.07. The Bertz CT molecular complexity index is 964. The average molecular weight is 439 g/mol. The molecule has 0 aliphatic heterocycles. The zero-order chi connectivity index (χ0) is 23.2. The quantitative estimate of drug-likeness (QED) is 0.509. The highest BCUT2D eigenvalue weighted by Crippen LogP contribution is 2.38. The highest BCUT2D eigenvalue weighted by molar-refractivity contribution is 6.02. The van der Waals surface area contributed by atoms with Gasteiger partial charge < -0.3 is 19.5 Å². The number of nitrogens with zero attached hydrogens (tertiary/aromatic N) is 1. The first-order chi connectivity index (χ1) is 14.6. The van der Waals surface area contributed by atoms with Gasteiger partial charge in [0.1, 0.15) is 0 Å². The minimum atomic E-state index is -4.98. The summed E-state index contributed by atoms with van der Waals surface area (Å²) >= 11 is 0. The third kappa shape index (κ3) is 5.87. The molecule has 0 unspecified atom stereocenters. The van der Waals surface area contributed by atoms with E-state index in [0.29, 0.717) is 28.5 Å². The van der Waals surface area contributed by atoms with Gasteiger partial charge in [0.15, 0.2) is 11.5 Å². The van der Waals surface area contributed by atoms with E-state index in [1.807, 2.05) is 0 Å². The number of amides is 2. The molecule has 0 atom stereocenters. The molecule has 2 aromatic carbocycles. The summed E-state index contributed by atoms with van der Waals surface area (Å²) in [6, 6.07) is 8.41. The fourth-order valence-corrected chi connectivity index (χ4v) is 2.47. The van der Waals surface area contributed by atoms with Gasteiger partial charge in [0, 0.05) is 11.3 Å². The Kier molecular flexibility index (Phi) is 7.46. The number of hydrazone groups is 1. The molecule has 0 aliphatic carbocycles. The van der Waals surface area contributed by atoms with E-state index in [2.05, 4.69) is 10.5 Å². The van der Waals surface area contributed by atoms with Crippen molar-refractivity contribution in [1.82, 2.24) is 5.43 Å². The highest BCUT2D eigenvalue weighted by atomic mass is 19.4. The molecule has 0 fully saturated rings. The number of benzene rings is 2. The lowest BCUT2D eigenvalue weighted by atomic mass is 10.1. The van der Waals surface area contributed by atoms with Crippen molar-refractivity contribution in [1.29, 1.82) is 0 Å². The number of methoxy groups -OCH3 is 3. The summed E-state index contributed by atoms with van der Waals surface area (Å²) < 4.78 is 52.5. The predicted molar refractivity (Wildman–Crippen MR) is 107 cm³/mol. The number of hydrogen-bond acceptors (Lipinski definition) is 6. The summed E-state index contributed by atoms with van der Waals surface area (Å²) in [4.78, 5) is 23.4. The number of halogens is 3. The molecule has 0 spiro atoms. The first kappa shape index (κ1) is 23.5. The van der Waals surface area contributed by atoms with Crippen LogP contribution in [0.15, 0.2) is 41.5 Å². The Morgan fingerprint density at radius 1 is 0.903 bits per heavy atom. The van der Waals surface area contributed by atoms with Gasteiger partial charge in [-0.15, -0.1) is 0 Å². The number of ether oxygens (including phenoxy) is 3. The Morgan fingerprint density at radius 2 is 1.45 bits per heavy atom. The number of hydrogen-bond donors (Lipinski definition) is 2. The molecule has 0 aliphatic rings. The molecule has 0 saturated carbocycles. The Labute approximate surface area is 176 Å². The van der Waals surface area contributed by atoms with Crippen LogP contribution in [0.25, 0.3) is 0 Å². The van der Waals surface area contributed by atoms with Gasteiger partial charge in [0.2, 0.25) is 5.75 Å². The summed E-state index contributed by atoms with van der Waals surface area (Å²) in [5.74, 6) is -1.69. The number of rotatable bonds is 7. The van der Waals surface area contributed by atoms with Crippen LogP contribution in [0.5, 0.6) is 17.2 Å². The molecule has 2 N–H and O–H groups in total. The summed E-state index contributed by atoms with van der Waals surface area (Å²) in [5, 5.41) is 5.73. The van der Waals surface area contributed by atoms with Crippen LogP contribution >= 0.6 is 0 Å². The molecule has 11 heteroatoms. The molecular weight excluding hydrogens is 419 g/mol. The normalized spacial score (nSPS) is 11.5. The third-order valence-electron chi connectivity index (χ3n) is 4.07. The van der Waals surface area contributed by atoms with Crippen LogP contribution in [0.1, 0.15) is 22.8 Å². The summed E-state index contributed by atoms with van der Waals surface area (Å²) in [6.07, 6.45) is -4.98. The molecule has 0 heterocycles. The fraction of sp³-hybridized carbons (Fsp3) is 0.250. The first-order valence-corrected chi connectivity index (χ1v) is 8.74. The van der Waals surface area contributed by atoms with Gasteiger partial charge in [-0.1, -0.05) is 12.1 Å². The van der Waals surface area contributed by atoms with E-state index < -0.39 is 18.0 Å². The lowest BCUT2D eigenvalue weighted by Gasteiger charge is -2.13.